The Balaban J connectivity index is 0.00000192. The van der Waals surface area contributed by atoms with Crippen molar-refractivity contribution in [3.8, 4) is 11.4 Å². The molecule has 1 aliphatic rings. The minimum Gasteiger partial charge on any atom is -0.412 e. The van der Waals surface area contributed by atoms with E-state index in [-0.39, 0.29) is 11.2 Å². The first kappa shape index (κ1) is 17.0. The average Bonchev–Trinajstić information content (AvgIpc) is 3.03. The van der Waals surface area contributed by atoms with E-state index >= 15 is 0 Å². The Kier molecular flexibility index (Phi) is 5.72. The first-order valence-electron chi connectivity index (χ1n) is 7.47. The normalized spacial score (nSPS) is 15.1. The van der Waals surface area contributed by atoms with Crippen LogP contribution in [-0.4, -0.2) is 55.1 Å². The Morgan fingerprint density at radius 2 is 1.78 bits per heavy atom. The van der Waals surface area contributed by atoms with Crippen LogP contribution in [0.15, 0.2) is 24.3 Å². The Labute approximate surface area is 133 Å². The quantitative estimate of drug-likeness (QED) is 0.596. The Morgan fingerprint density at radius 3 is 2.43 bits per heavy atom. The monoisotopic (exact) mass is 320 g/mol. The van der Waals surface area contributed by atoms with E-state index < -0.39 is 4.92 Å². The van der Waals surface area contributed by atoms with Crippen molar-refractivity contribution < 1.29 is 10.4 Å². The minimum absolute atomic E-state index is 0. The molecule has 23 heavy (non-hydrogen) atoms. The van der Waals surface area contributed by atoms with Crippen molar-refractivity contribution in [1.29, 1.82) is 0 Å². The summed E-state index contributed by atoms with van der Waals surface area (Å²) < 4.78 is 0. The minimum atomic E-state index is -0.424. The lowest BCUT2D eigenvalue weighted by atomic mass is 10.1. The van der Waals surface area contributed by atoms with E-state index in [0.29, 0.717) is 12.4 Å². The summed E-state index contributed by atoms with van der Waals surface area (Å²) in [7, 11) is 0. The van der Waals surface area contributed by atoms with Crippen molar-refractivity contribution in [1.82, 2.24) is 25.1 Å². The molecule has 3 rings (SSSR count). The average molecular weight is 320 g/mol. The third-order valence-electron chi connectivity index (χ3n) is 3.85. The summed E-state index contributed by atoms with van der Waals surface area (Å²) in [4.78, 5) is 14.2. The van der Waals surface area contributed by atoms with Gasteiger partial charge in [-0.1, -0.05) is 6.42 Å². The number of aromatic nitrogens is 4. The molecule has 0 spiro atoms. The van der Waals surface area contributed by atoms with Gasteiger partial charge in [0.05, 0.1) is 11.5 Å². The van der Waals surface area contributed by atoms with Crippen LogP contribution in [0.2, 0.25) is 0 Å². The van der Waals surface area contributed by atoms with E-state index in [1.165, 1.54) is 31.4 Å². The first-order valence-corrected chi connectivity index (χ1v) is 7.47. The summed E-state index contributed by atoms with van der Waals surface area (Å²) in [6.45, 7) is 3.92. The predicted molar refractivity (Wildman–Crippen MR) is 83.8 cm³/mol. The van der Waals surface area contributed by atoms with Crippen LogP contribution in [-0.2, 0) is 6.54 Å². The molecule has 0 unspecified atom stereocenters. The molecule has 2 heterocycles. The summed E-state index contributed by atoms with van der Waals surface area (Å²) >= 11 is 0. The molecule has 2 aromatic rings. The molecule has 9 heteroatoms. The van der Waals surface area contributed by atoms with Crippen LogP contribution >= 0.6 is 0 Å². The zero-order valence-corrected chi connectivity index (χ0v) is 12.8. The standard InChI is InChI=1S/C14H18N6O2.H2O/c21-20(22)13-6-4-12(5-7-13)14-15-17-19(16-14)11-10-18-8-2-1-3-9-18;/h4-7H,1-3,8-11H2;1H2. The topological polar surface area (TPSA) is 121 Å². The molecule has 0 radical (unpaired) electrons. The molecule has 1 fully saturated rings. The second-order valence-corrected chi connectivity index (χ2v) is 5.42. The zero-order chi connectivity index (χ0) is 15.4. The van der Waals surface area contributed by atoms with E-state index in [1.807, 2.05) is 0 Å². The maximum Gasteiger partial charge on any atom is 0.269 e. The van der Waals surface area contributed by atoms with Crippen molar-refractivity contribution in [2.75, 3.05) is 19.6 Å². The molecular formula is C14H20N6O3. The maximum atomic E-state index is 10.6. The van der Waals surface area contributed by atoms with Gasteiger partial charge in [-0.2, -0.15) is 4.80 Å². The molecule has 1 aromatic carbocycles. The molecule has 124 valence electrons. The number of hydrogen-bond acceptors (Lipinski definition) is 6. The largest absolute Gasteiger partial charge is 0.412 e. The van der Waals surface area contributed by atoms with E-state index in [9.17, 15) is 10.1 Å². The van der Waals surface area contributed by atoms with E-state index in [0.717, 1.165) is 25.2 Å². The Morgan fingerprint density at radius 1 is 1.09 bits per heavy atom. The van der Waals surface area contributed by atoms with Gasteiger partial charge < -0.3 is 10.4 Å². The number of likely N-dealkylation sites (tertiary alicyclic amines) is 1. The maximum absolute atomic E-state index is 10.6. The predicted octanol–water partition coefficient (Wildman–Crippen LogP) is 0.909. The van der Waals surface area contributed by atoms with Gasteiger partial charge in [-0.15, -0.1) is 10.2 Å². The fourth-order valence-corrected chi connectivity index (χ4v) is 2.60. The number of tetrazole rings is 1. The van der Waals surface area contributed by atoms with Crippen molar-refractivity contribution in [3.63, 3.8) is 0 Å². The van der Waals surface area contributed by atoms with Gasteiger partial charge in [0, 0.05) is 24.2 Å². The zero-order valence-electron chi connectivity index (χ0n) is 12.8. The molecular weight excluding hydrogens is 300 g/mol. The van der Waals surface area contributed by atoms with Crippen molar-refractivity contribution >= 4 is 5.69 Å². The number of nitrogens with zero attached hydrogens (tertiary/aromatic N) is 6. The summed E-state index contributed by atoms with van der Waals surface area (Å²) in [5.74, 6) is 0.494. The molecule has 1 saturated heterocycles. The second-order valence-electron chi connectivity index (χ2n) is 5.42. The van der Waals surface area contributed by atoms with Crippen LogP contribution in [0, 0.1) is 10.1 Å². The van der Waals surface area contributed by atoms with Gasteiger partial charge in [-0.25, -0.2) is 0 Å². The van der Waals surface area contributed by atoms with Gasteiger partial charge in [0.15, 0.2) is 0 Å². The number of non-ortho nitro benzene ring substituents is 1. The molecule has 2 N–H and O–H groups in total. The van der Waals surface area contributed by atoms with Crippen LogP contribution in [0.25, 0.3) is 11.4 Å². The van der Waals surface area contributed by atoms with Gasteiger partial charge >= 0.3 is 0 Å². The number of benzene rings is 1. The number of piperidine rings is 1. The van der Waals surface area contributed by atoms with Crippen molar-refractivity contribution in [2.24, 2.45) is 0 Å². The van der Waals surface area contributed by atoms with E-state index in [2.05, 4.69) is 20.3 Å². The summed E-state index contributed by atoms with van der Waals surface area (Å²) in [6.07, 6.45) is 3.85. The van der Waals surface area contributed by atoms with Gasteiger partial charge in [-0.3, -0.25) is 10.1 Å². The van der Waals surface area contributed by atoms with Gasteiger partial charge in [-0.05, 0) is 43.3 Å². The smallest absolute Gasteiger partial charge is 0.269 e. The lowest BCUT2D eigenvalue weighted by molar-refractivity contribution is -0.384. The number of rotatable bonds is 5. The van der Waals surface area contributed by atoms with Gasteiger partial charge in [0.25, 0.3) is 5.69 Å². The fourth-order valence-electron chi connectivity index (χ4n) is 2.60. The highest BCUT2D eigenvalue weighted by Gasteiger charge is 2.12. The molecule has 0 bridgehead atoms. The number of hydrogen-bond donors (Lipinski definition) is 0. The van der Waals surface area contributed by atoms with Crippen molar-refractivity contribution in [2.45, 2.75) is 25.8 Å². The molecule has 1 aromatic heterocycles. The molecule has 0 aliphatic carbocycles. The van der Waals surface area contributed by atoms with Crippen LogP contribution in [0.1, 0.15) is 19.3 Å². The van der Waals surface area contributed by atoms with Gasteiger partial charge in [0.2, 0.25) is 5.82 Å². The van der Waals surface area contributed by atoms with Crippen LogP contribution in [0.5, 0.6) is 0 Å². The summed E-state index contributed by atoms with van der Waals surface area (Å²) in [6, 6.07) is 6.18. The molecule has 9 nitrogen and oxygen atoms in total. The fraction of sp³-hybridized carbons (Fsp3) is 0.500. The highest BCUT2D eigenvalue weighted by molar-refractivity contribution is 5.56. The van der Waals surface area contributed by atoms with Crippen LogP contribution in [0.4, 0.5) is 5.69 Å². The Hall–Kier alpha value is -2.39. The van der Waals surface area contributed by atoms with Crippen molar-refractivity contribution in [3.05, 3.63) is 34.4 Å². The first-order chi connectivity index (χ1) is 10.7. The third-order valence-corrected chi connectivity index (χ3v) is 3.85. The van der Waals surface area contributed by atoms with Gasteiger partial charge in [0.1, 0.15) is 0 Å². The molecule has 0 saturated carbocycles. The lowest BCUT2D eigenvalue weighted by Crippen LogP contribution is -2.33. The highest BCUT2D eigenvalue weighted by Crippen LogP contribution is 2.18. The van der Waals surface area contributed by atoms with E-state index in [4.69, 9.17) is 0 Å². The number of nitro groups is 1. The Bertz CT molecular complexity index is 636. The van der Waals surface area contributed by atoms with E-state index in [1.54, 1.807) is 16.9 Å². The van der Waals surface area contributed by atoms with Crippen LogP contribution < -0.4 is 0 Å². The van der Waals surface area contributed by atoms with Crippen LogP contribution in [0.3, 0.4) is 0 Å². The third kappa shape index (κ3) is 4.30. The summed E-state index contributed by atoms with van der Waals surface area (Å²) in [5, 5.41) is 23.0. The molecule has 1 aliphatic heterocycles. The lowest BCUT2D eigenvalue weighted by Gasteiger charge is -2.25. The number of nitro benzene ring substituents is 1. The SMILES string of the molecule is O.O=[N+]([O-])c1ccc(-c2nnn(CCN3CCCCC3)n2)cc1. The second kappa shape index (κ2) is 7.75. The molecule has 0 amide bonds. The highest BCUT2D eigenvalue weighted by atomic mass is 16.6. The molecule has 0 atom stereocenters. The summed E-state index contributed by atoms with van der Waals surface area (Å²) in [5.41, 5.74) is 0.788.